The molecule has 1 aliphatic carbocycles. The largest absolute Gasteiger partial charge is 0.441 e. The van der Waals surface area contributed by atoms with E-state index >= 15 is 0 Å². The third kappa shape index (κ3) is 4.03. The molecule has 0 bridgehead atoms. The Hall–Kier alpha value is -3.81. The Morgan fingerprint density at radius 1 is 0.969 bits per heavy atom. The molecule has 0 radical (unpaired) electrons. The Labute approximate surface area is 185 Å². The van der Waals surface area contributed by atoms with Gasteiger partial charge in [0.2, 0.25) is 5.91 Å². The summed E-state index contributed by atoms with van der Waals surface area (Å²) in [5, 5.41) is 2.86. The van der Waals surface area contributed by atoms with Gasteiger partial charge in [-0.15, -0.1) is 0 Å². The summed E-state index contributed by atoms with van der Waals surface area (Å²) >= 11 is 0. The van der Waals surface area contributed by atoms with Crippen LogP contribution < -0.4 is 10.2 Å². The van der Waals surface area contributed by atoms with Crippen molar-refractivity contribution < 1.29 is 14.3 Å². The van der Waals surface area contributed by atoms with E-state index in [0.29, 0.717) is 43.7 Å². The molecule has 8 heteroatoms. The van der Waals surface area contributed by atoms with Gasteiger partial charge in [0.05, 0.1) is 24.6 Å². The number of para-hydroxylation sites is 1. The fourth-order valence-electron chi connectivity index (χ4n) is 4.36. The third-order valence-corrected chi connectivity index (χ3v) is 6.14. The number of aromatic nitrogens is 3. The Morgan fingerprint density at radius 2 is 1.75 bits per heavy atom. The van der Waals surface area contributed by atoms with Gasteiger partial charge in [0, 0.05) is 17.8 Å². The van der Waals surface area contributed by atoms with E-state index in [4.69, 9.17) is 4.74 Å². The van der Waals surface area contributed by atoms with Crippen LogP contribution in [0.5, 0.6) is 0 Å². The van der Waals surface area contributed by atoms with Gasteiger partial charge in [-0.2, -0.15) is 0 Å². The van der Waals surface area contributed by atoms with Crippen molar-refractivity contribution in [2.75, 3.05) is 16.8 Å². The van der Waals surface area contributed by atoms with Crippen LogP contribution in [0, 0.1) is 5.92 Å². The summed E-state index contributed by atoms with van der Waals surface area (Å²) in [7, 11) is 0. The summed E-state index contributed by atoms with van der Waals surface area (Å²) in [5.74, 6) is 0.184. The van der Waals surface area contributed by atoms with E-state index < -0.39 is 5.60 Å². The Balaban J connectivity index is 1.18. The molecule has 162 valence electrons. The maximum Gasteiger partial charge on any atom is 0.415 e. The number of carbonyl (C=O) groups excluding carboxylic acids is 2. The number of nitrogens with one attached hydrogen (secondary N) is 1. The fourth-order valence-corrected chi connectivity index (χ4v) is 4.36. The molecule has 1 saturated carbocycles. The van der Waals surface area contributed by atoms with E-state index in [1.165, 1.54) is 0 Å². The van der Waals surface area contributed by atoms with Gasteiger partial charge in [-0.25, -0.2) is 14.8 Å². The van der Waals surface area contributed by atoms with Crippen LogP contribution in [0.15, 0.2) is 67.1 Å². The van der Waals surface area contributed by atoms with Crippen molar-refractivity contribution in [2.45, 2.75) is 31.3 Å². The second-order valence-corrected chi connectivity index (χ2v) is 8.24. The Kier molecular flexibility index (Phi) is 5.26. The van der Waals surface area contributed by atoms with Crippen LogP contribution in [-0.2, 0) is 9.53 Å². The average Bonchev–Trinajstić information content (AvgIpc) is 3.16. The SMILES string of the molecule is O=C(Nc1cnc(-c2ccccn2)cn1)C1CCC2(CC1)CN(c1ccccc1)C(=O)O2. The van der Waals surface area contributed by atoms with Gasteiger partial charge in [-0.3, -0.25) is 14.7 Å². The van der Waals surface area contributed by atoms with Crippen LogP contribution in [-0.4, -0.2) is 39.1 Å². The summed E-state index contributed by atoms with van der Waals surface area (Å²) in [6.07, 6.45) is 7.15. The zero-order chi connectivity index (χ0) is 22.0. The lowest BCUT2D eigenvalue weighted by molar-refractivity contribution is -0.122. The summed E-state index contributed by atoms with van der Waals surface area (Å²) in [6.45, 7) is 0.518. The molecule has 2 amide bonds. The number of anilines is 2. The number of amides is 2. The molecular weight excluding hydrogens is 406 g/mol. The van der Waals surface area contributed by atoms with Gasteiger partial charge in [0.15, 0.2) is 5.82 Å². The number of pyridine rings is 1. The first-order chi connectivity index (χ1) is 15.6. The molecule has 1 spiro atoms. The normalized spacial score (nSPS) is 22.6. The van der Waals surface area contributed by atoms with Crippen LogP contribution in [0.1, 0.15) is 25.7 Å². The molecule has 0 atom stereocenters. The van der Waals surface area contributed by atoms with Crippen molar-refractivity contribution in [3.63, 3.8) is 0 Å². The van der Waals surface area contributed by atoms with Crippen molar-refractivity contribution in [1.29, 1.82) is 0 Å². The van der Waals surface area contributed by atoms with Crippen molar-refractivity contribution >= 4 is 23.5 Å². The molecule has 3 heterocycles. The molecule has 1 aliphatic heterocycles. The van der Waals surface area contributed by atoms with Crippen LogP contribution >= 0.6 is 0 Å². The lowest BCUT2D eigenvalue weighted by Gasteiger charge is -2.34. The smallest absolute Gasteiger partial charge is 0.415 e. The lowest BCUT2D eigenvalue weighted by atomic mass is 9.78. The number of benzene rings is 1. The first kappa shape index (κ1) is 20.1. The van der Waals surface area contributed by atoms with Gasteiger partial charge in [0.1, 0.15) is 11.3 Å². The number of carbonyl (C=O) groups is 2. The summed E-state index contributed by atoms with van der Waals surface area (Å²) in [6, 6.07) is 15.1. The molecule has 2 aliphatic rings. The maximum absolute atomic E-state index is 12.8. The summed E-state index contributed by atoms with van der Waals surface area (Å²) in [4.78, 5) is 39.8. The summed E-state index contributed by atoms with van der Waals surface area (Å²) < 4.78 is 5.79. The second-order valence-electron chi connectivity index (χ2n) is 8.24. The quantitative estimate of drug-likeness (QED) is 0.672. The zero-order valence-corrected chi connectivity index (χ0v) is 17.5. The predicted molar refractivity (Wildman–Crippen MR) is 119 cm³/mol. The number of hydrogen-bond donors (Lipinski definition) is 1. The number of rotatable bonds is 4. The number of hydrogen-bond acceptors (Lipinski definition) is 6. The van der Waals surface area contributed by atoms with E-state index in [0.717, 1.165) is 11.4 Å². The lowest BCUT2D eigenvalue weighted by Crippen LogP contribution is -2.41. The Bertz CT molecular complexity index is 1100. The molecule has 1 aromatic carbocycles. The minimum Gasteiger partial charge on any atom is -0.441 e. The maximum atomic E-state index is 12.8. The van der Waals surface area contributed by atoms with Gasteiger partial charge in [-0.1, -0.05) is 24.3 Å². The standard InChI is InChI=1S/C24H23N5O3/c30-22(28-21-15-26-20(14-27-21)19-8-4-5-13-25-19)17-9-11-24(12-10-17)16-29(23(31)32-24)18-6-2-1-3-7-18/h1-8,13-15,17H,9-12,16H2,(H,27,28,30). The number of ether oxygens (including phenoxy) is 1. The van der Waals surface area contributed by atoms with Gasteiger partial charge >= 0.3 is 6.09 Å². The minimum absolute atomic E-state index is 0.0797. The van der Waals surface area contributed by atoms with Crippen molar-refractivity contribution in [2.24, 2.45) is 5.92 Å². The zero-order valence-electron chi connectivity index (χ0n) is 17.5. The molecule has 5 rings (SSSR count). The van der Waals surface area contributed by atoms with E-state index in [-0.39, 0.29) is 17.9 Å². The van der Waals surface area contributed by atoms with Crippen LogP contribution in [0.2, 0.25) is 0 Å². The molecule has 3 aromatic rings. The van der Waals surface area contributed by atoms with E-state index in [1.54, 1.807) is 23.5 Å². The molecule has 1 saturated heterocycles. The van der Waals surface area contributed by atoms with Gasteiger partial charge < -0.3 is 10.1 Å². The highest BCUT2D eigenvalue weighted by Crippen LogP contribution is 2.41. The average molecular weight is 429 g/mol. The highest BCUT2D eigenvalue weighted by molar-refractivity contribution is 5.92. The van der Waals surface area contributed by atoms with Gasteiger partial charge in [-0.05, 0) is 49.9 Å². The van der Waals surface area contributed by atoms with E-state index in [1.807, 2.05) is 48.5 Å². The van der Waals surface area contributed by atoms with Crippen molar-refractivity contribution in [1.82, 2.24) is 15.0 Å². The van der Waals surface area contributed by atoms with E-state index in [9.17, 15) is 9.59 Å². The first-order valence-electron chi connectivity index (χ1n) is 10.7. The van der Waals surface area contributed by atoms with Crippen LogP contribution in [0.4, 0.5) is 16.3 Å². The van der Waals surface area contributed by atoms with Crippen molar-refractivity contribution in [3.05, 3.63) is 67.1 Å². The molecule has 0 unspecified atom stereocenters. The first-order valence-corrected chi connectivity index (χ1v) is 10.7. The van der Waals surface area contributed by atoms with Crippen LogP contribution in [0.25, 0.3) is 11.4 Å². The molecular formula is C24H23N5O3. The predicted octanol–water partition coefficient (Wildman–Crippen LogP) is 4.06. The monoisotopic (exact) mass is 429 g/mol. The fraction of sp³-hybridized carbons (Fsp3) is 0.292. The third-order valence-electron chi connectivity index (χ3n) is 6.14. The van der Waals surface area contributed by atoms with Crippen molar-refractivity contribution in [3.8, 4) is 11.4 Å². The topological polar surface area (TPSA) is 97.3 Å². The Morgan fingerprint density at radius 3 is 2.44 bits per heavy atom. The van der Waals surface area contributed by atoms with Crippen LogP contribution in [0.3, 0.4) is 0 Å². The molecule has 8 nitrogen and oxygen atoms in total. The minimum atomic E-state index is -0.520. The molecule has 32 heavy (non-hydrogen) atoms. The molecule has 1 N–H and O–H groups in total. The molecule has 2 fully saturated rings. The highest BCUT2D eigenvalue weighted by atomic mass is 16.6. The second kappa shape index (κ2) is 8.37. The van der Waals surface area contributed by atoms with E-state index in [2.05, 4.69) is 20.3 Å². The summed E-state index contributed by atoms with van der Waals surface area (Å²) in [5.41, 5.74) is 1.69. The van der Waals surface area contributed by atoms with Gasteiger partial charge in [0.25, 0.3) is 0 Å². The molecule has 2 aromatic heterocycles. The highest BCUT2D eigenvalue weighted by Gasteiger charge is 2.48. The number of nitrogens with zero attached hydrogens (tertiary/aromatic N) is 4.